The highest BCUT2D eigenvalue weighted by molar-refractivity contribution is 5.73. The topological polar surface area (TPSA) is 76.4 Å². The lowest BCUT2D eigenvalue weighted by molar-refractivity contribution is -0.136. The van der Waals surface area contributed by atoms with Crippen LogP contribution >= 0.6 is 0 Å². The largest absolute Gasteiger partial charge is 0.481 e. The number of hydrogen-bond acceptors (Lipinski definition) is 4. The van der Waals surface area contributed by atoms with Crippen molar-refractivity contribution in [1.82, 2.24) is 0 Å². The number of nitrogens with one attached hydrogen (secondary N) is 1. The Morgan fingerprint density at radius 1 is 1.18 bits per heavy atom. The summed E-state index contributed by atoms with van der Waals surface area (Å²) in [6, 6.07) is 19.0. The summed E-state index contributed by atoms with van der Waals surface area (Å²) < 4.78 is 14.4. The van der Waals surface area contributed by atoms with Crippen LogP contribution in [0.2, 0.25) is 0 Å². The molecule has 0 saturated carbocycles. The lowest BCUT2D eigenvalue weighted by Gasteiger charge is -2.34. The van der Waals surface area contributed by atoms with E-state index in [4.69, 9.17) is 5.11 Å². The van der Waals surface area contributed by atoms with Crippen LogP contribution in [0.4, 0.5) is 21.5 Å². The molecule has 0 spiro atoms. The molecule has 5 nitrogen and oxygen atoms in total. The molecular weight excluding hydrogens is 417 g/mol. The predicted molar refractivity (Wildman–Crippen MR) is 127 cm³/mol. The SMILES string of the molecule is Cc1c(CNc2ccc(CCC(=O)O)c(F)c2)ccc2c1N(c1cccc(C#N)c1)CCC2. The van der Waals surface area contributed by atoms with Gasteiger partial charge in [-0.2, -0.15) is 5.26 Å². The van der Waals surface area contributed by atoms with E-state index in [1.54, 1.807) is 12.1 Å². The van der Waals surface area contributed by atoms with Crippen molar-refractivity contribution in [3.63, 3.8) is 0 Å². The number of halogens is 1. The Labute approximate surface area is 193 Å². The minimum Gasteiger partial charge on any atom is -0.481 e. The maximum absolute atomic E-state index is 14.4. The fraction of sp³-hybridized carbons (Fsp3) is 0.259. The fourth-order valence-corrected chi connectivity index (χ4v) is 4.41. The van der Waals surface area contributed by atoms with Crippen LogP contribution in [-0.2, 0) is 24.2 Å². The van der Waals surface area contributed by atoms with E-state index in [0.29, 0.717) is 23.4 Å². The monoisotopic (exact) mass is 443 g/mol. The molecular formula is C27H26FN3O2. The molecule has 0 fully saturated rings. The Balaban J connectivity index is 1.55. The summed E-state index contributed by atoms with van der Waals surface area (Å²) in [7, 11) is 0. The highest BCUT2D eigenvalue weighted by atomic mass is 19.1. The van der Waals surface area contributed by atoms with Crippen LogP contribution in [0.15, 0.2) is 54.6 Å². The fourth-order valence-electron chi connectivity index (χ4n) is 4.41. The lowest BCUT2D eigenvalue weighted by Crippen LogP contribution is -2.26. The smallest absolute Gasteiger partial charge is 0.303 e. The minimum atomic E-state index is -0.937. The van der Waals surface area contributed by atoms with Crippen molar-refractivity contribution >= 4 is 23.0 Å². The van der Waals surface area contributed by atoms with Gasteiger partial charge in [0.15, 0.2) is 0 Å². The van der Waals surface area contributed by atoms with Gasteiger partial charge in [0.05, 0.1) is 11.6 Å². The summed E-state index contributed by atoms with van der Waals surface area (Å²) in [4.78, 5) is 13.0. The summed E-state index contributed by atoms with van der Waals surface area (Å²) in [6.07, 6.45) is 2.15. The second-order valence-electron chi connectivity index (χ2n) is 8.33. The van der Waals surface area contributed by atoms with Crippen LogP contribution < -0.4 is 10.2 Å². The molecule has 1 heterocycles. The first-order valence-corrected chi connectivity index (χ1v) is 11.1. The van der Waals surface area contributed by atoms with Crippen molar-refractivity contribution in [2.45, 2.75) is 39.2 Å². The third kappa shape index (κ3) is 4.98. The highest BCUT2D eigenvalue weighted by Crippen LogP contribution is 2.38. The number of carboxylic acids is 1. The van der Waals surface area contributed by atoms with E-state index in [2.05, 4.69) is 35.3 Å². The third-order valence-corrected chi connectivity index (χ3v) is 6.16. The molecule has 1 aliphatic rings. The first-order valence-electron chi connectivity index (χ1n) is 11.1. The van der Waals surface area contributed by atoms with Gasteiger partial charge >= 0.3 is 5.97 Å². The summed E-state index contributed by atoms with van der Waals surface area (Å²) >= 11 is 0. The number of nitriles is 1. The Morgan fingerprint density at radius 3 is 2.76 bits per heavy atom. The molecule has 3 aromatic rings. The standard InChI is InChI=1S/C27H26FN3O2/c1-18-22(17-30-23-11-9-20(25(28)15-23)10-12-26(32)33)8-7-21-5-3-13-31(27(18)21)24-6-2-4-19(14-24)16-29/h2,4,6-9,11,14-15,30H,3,5,10,12-13,17H2,1H3,(H,32,33). The second-order valence-corrected chi connectivity index (χ2v) is 8.33. The van der Waals surface area contributed by atoms with Gasteiger partial charge in [-0.3, -0.25) is 4.79 Å². The molecule has 0 unspecified atom stereocenters. The van der Waals surface area contributed by atoms with E-state index < -0.39 is 11.8 Å². The van der Waals surface area contributed by atoms with Crippen LogP contribution in [0.25, 0.3) is 0 Å². The van der Waals surface area contributed by atoms with Crippen molar-refractivity contribution in [2.24, 2.45) is 0 Å². The van der Waals surface area contributed by atoms with Crippen LogP contribution in [0.1, 0.15) is 40.7 Å². The Bertz CT molecular complexity index is 1230. The number of anilines is 3. The van der Waals surface area contributed by atoms with Gasteiger partial charge in [-0.05, 0) is 78.8 Å². The van der Waals surface area contributed by atoms with Gasteiger partial charge in [-0.15, -0.1) is 0 Å². The van der Waals surface area contributed by atoms with Crippen LogP contribution in [0, 0.1) is 24.1 Å². The summed E-state index contributed by atoms with van der Waals surface area (Å²) in [5, 5.41) is 21.4. The molecule has 0 amide bonds. The first kappa shape index (κ1) is 22.3. The predicted octanol–water partition coefficient (Wildman–Crippen LogP) is 5.72. The normalized spacial score (nSPS) is 12.7. The summed E-state index contributed by atoms with van der Waals surface area (Å²) in [5.41, 5.74) is 7.48. The lowest BCUT2D eigenvalue weighted by atomic mass is 9.94. The van der Waals surface area contributed by atoms with E-state index in [0.717, 1.165) is 30.6 Å². The molecule has 1 aliphatic heterocycles. The van der Waals surface area contributed by atoms with Crippen molar-refractivity contribution in [1.29, 1.82) is 5.26 Å². The highest BCUT2D eigenvalue weighted by Gasteiger charge is 2.22. The number of benzene rings is 3. The van der Waals surface area contributed by atoms with Crippen LogP contribution in [0.3, 0.4) is 0 Å². The number of aliphatic carboxylic acids is 1. The van der Waals surface area contributed by atoms with E-state index in [1.165, 1.54) is 22.9 Å². The Hall–Kier alpha value is -3.85. The molecule has 6 heteroatoms. The number of fused-ring (bicyclic) bond motifs is 1. The van der Waals surface area contributed by atoms with Crippen LogP contribution in [0.5, 0.6) is 0 Å². The summed E-state index contributed by atoms with van der Waals surface area (Å²) in [5.74, 6) is -1.33. The Kier molecular flexibility index (Phi) is 6.60. The quantitative estimate of drug-likeness (QED) is 0.488. The number of aryl methyl sites for hydroxylation is 2. The maximum Gasteiger partial charge on any atom is 0.303 e. The van der Waals surface area contributed by atoms with Gasteiger partial charge in [0.25, 0.3) is 0 Å². The molecule has 2 N–H and O–H groups in total. The van der Waals surface area contributed by atoms with Gasteiger partial charge in [0.2, 0.25) is 0 Å². The molecule has 0 radical (unpaired) electrons. The average molecular weight is 444 g/mol. The van der Waals surface area contributed by atoms with Crippen molar-refractivity contribution < 1.29 is 14.3 Å². The van der Waals surface area contributed by atoms with Gasteiger partial charge in [0, 0.05) is 36.6 Å². The molecule has 0 bridgehead atoms. The molecule has 3 aromatic carbocycles. The number of nitrogens with zero attached hydrogens (tertiary/aromatic N) is 2. The van der Waals surface area contributed by atoms with E-state index >= 15 is 0 Å². The first-order chi connectivity index (χ1) is 16.0. The van der Waals surface area contributed by atoms with Gasteiger partial charge in [0.1, 0.15) is 5.82 Å². The zero-order valence-electron chi connectivity index (χ0n) is 18.6. The minimum absolute atomic E-state index is 0.0915. The third-order valence-electron chi connectivity index (χ3n) is 6.16. The molecule has 0 atom stereocenters. The number of carbonyl (C=O) groups is 1. The molecule has 0 saturated heterocycles. The van der Waals surface area contributed by atoms with Gasteiger partial charge in [-0.25, -0.2) is 4.39 Å². The summed E-state index contributed by atoms with van der Waals surface area (Å²) in [6.45, 7) is 3.54. The molecule has 4 rings (SSSR count). The number of hydrogen-bond donors (Lipinski definition) is 2. The van der Waals surface area contributed by atoms with Crippen molar-refractivity contribution in [3.05, 3.63) is 88.2 Å². The van der Waals surface area contributed by atoms with E-state index in [1.807, 2.05) is 24.3 Å². The average Bonchev–Trinajstić information content (AvgIpc) is 2.82. The van der Waals surface area contributed by atoms with Crippen molar-refractivity contribution in [3.8, 4) is 6.07 Å². The molecule has 0 aromatic heterocycles. The van der Waals surface area contributed by atoms with E-state index in [-0.39, 0.29) is 12.8 Å². The molecule has 0 aliphatic carbocycles. The van der Waals surface area contributed by atoms with Crippen molar-refractivity contribution in [2.75, 3.05) is 16.8 Å². The Morgan fingerprint density at radius 2 is 2.00 bits per heavy atom. The van der Waals surface area contributed by atoms with Crippen LogP contribution in [-0.4, -0.2) is 17.6 Å². The van der Waals surface area contributed by atoms with E-state index in [9.17, 15) is 14.4 Å². The zero-order valence-corrected chi connectivity index (χ0v) is 18.6. The molecule has 33 heavy (non-hydrogen) atoms. The number of rotatable bonds is 7. The maximum atomic E-state index is 14.4. The molecule has 168 valence electrons. The number of carboxylic acid groups (broad SMARTS) is 1. The second kappa shape index (κ2) is 9.74. The van der Waals surface area contributed by atoms with Gasteiger partial charge in [-0.1, -0.05) is 24.3 Å². The van der Waals surface area contributed by atoms with Gasteiger partial charge < -0.3 is 15.3 Å². The zero-order chi connectivity index (χ0) is 23.4.